The van der Waals surface area contributed by atoms with Gasteiger partial charge in [0.15, 0.2) is 5.82 Å². The van der Waals surface area contributed by atoms with E-state index in [1.54, 1.807) is 0 Å². The molecule has 7 heteroatoms. The van der Waals surface area contributed by atoms with Crippen LogP contribution in [-0.4, -0.2) is 43.5 Å². The molecule has 0 amide bonds. The summed E-state index contributed by atoms with van der Waals surface area (Å²) in [6.45, 7) is 2.25. The van der Waals surface area contributed by atoms with Crippen molar-refractivity contribution in [3.8, 4) is 0 Å². The summed E-state index contributed by atoms with van der Waals surface area (Å²) in [6.07, 6.45) is 1.32. The maximum absolute atomic E-state index is 11.1. The molecule has 0 saturated heterocycles. The number of carbonyl (C=O) groups is 1. The van der Waals surface area contributed by atoms with Gasteiger partial charge in [-0.25, -0.2) is 4.79 Å². The summed E-state index contributed by atoms with van der Waals surface area (Å²) in [6, 6.07) is 1.37. The Balaban J connectivity index is 2.60. The molecule has 1 heterocycles. The fourth-order valence-electron chi connectivity index (χ4n) is 1.06. The zero-order chi connectivity index (χ0) is 12.0. The average molecular weight is 243 g/mol. The van der Waals surface area contributed by atoms with Crippen LogP contribution in [0.1, 0.15) is 17.3 Å². The molecule has 1 rings (SSSR count). The number of carboxylic acids is 1. The second-order valence-electron chi connectivity index (χ2n) is 2.96. The van der Waals surface area contributed by atoms with E-state index in [0.29, 0.717) is 18.1 Å². The highest BCUT2D eigenvalue weighted by molar-refractivity contribution is 7.84. The fourth-order valence-corrected chi connectivity index (χ4v) is 1.68. The molecule has 0 fully saturated rings. The first-order valence-corrected chi connectivity index (χ1v) is 6.27. The number of anilines is 1. The summed E-state index contributed by atoms with van der Waals surface area (Å²) >= 11 is 0. The van der Waals surface area contributed by atoms with Crippen molar-refractivity contribution in [2.75, 3.05) is 23.4 Å². The topological polar surface area (TPSA) is 92.2 Å². The van der Waals surface area contributed by atoms with Crippen molar-refractivity contribution in [3.63, 3.8) is 0 Å². The van der Waals surface area contributed by atoms with Crippen molar-refractivity contribution in [1.29, 1.82) is 0 Å². The molecule has 88 valence electrons. The molecule has 1 unspecified atom stereocenters. The number of aromatic nitrogens is 2. The summed E-state index contributed by atoms with van der Waals surface area (Å²) in [5.41, 5.74) is 0.0669. The molecule has 0 spiro atoms. The van der Waals surface area contributed by atoms with Crippen molar-refractivity contribution in [2.24, 2.45) is 0 Å². The maximum Gasteiger partial charge on any atom is 0.339 e. The number of hydrogen-bond donors (Lipinski definition) is 2. The third kappa shape index (κ3) is 3.58. The van der Waals surface area contributed by atoms with Gasteiger partial charge in [-0.05, 0) is 6.07 Å². The summed E-state index contributed by atoms with van der Waals surface area (Å²) in [5, 5.41) is 18.9. The standard InChI is InChI=1S/C9H13N3O3S/c1-2-16(15)6-5-10-8-7(9(13)14)3-4-11-12-8/h3-4H,2,5-6H2,1H3,(H,10,12)(H,13,14). The van der Waals surface area contributed by atoms with E-state index in [2.05, 4.69) is 15.5 Å². The molecule has 16 heavy (non-hydrogen) atoms. The van der Waals surface area contributed by atoms with Gasteiger partial charge in [0.2, 0.25) is 0 Å². The van der Waals surface area contributed by atoms with Crippen LogP contribution >= 0.6 is 0 Å². The van der Waals surface area contributed by atoms with Crippen LogP contribution in [0, 0.1) is 0 Å². The van der Waals surface area contributed by atoms with Gasteiger partial charge in [-0.3, -0.25) is 4.21 Å². The largest absolute Gasteiger partial charge is 0.478 e. The Labute approximate surface area is 95.5 Å². The van der Waals surface area contributed by atoms with Gasteiger partial charge < -0.3 is 10.4 Å². The minimum Gasteiger partial charge on any atom is -0.478 e. The van der Waals surface area contributed by atoms with Crippen LogP contribution in [0.25, 0.3) is 0 Å². The third-order valence-corrected chi connectivity index (χ3v) is 3.20. The lowest BCUT2D eigenvalue weighted by atomic mass is 10.3. The molecule has 0 aliphatic carbocycles. The Kier molecular flexibility index (Phi) is 4.84. The molecule has 1 aromatic rings. The van der Waals surface area contributed by atoms with E-state index in [9.17, 15) is 9.00 Å². The van der Waals surface area contributed by atoms with Gasteiger partial charge in [0, 0.05) is 28.9 Å². The Morgan fingerprint density at radius 2 is 2.38 bits per heavy atom. The maximum atomic E-state index is 11.1. The highest BCUT2D eigenvalue weighted by atomic mass is 32.2. The summed E-state index contributed by atoms with van der Waals surface area (Å²) < 4.78 is 11.1. The van der Waals surface area contributed by atoms with Gasteiger partial charge in [0.1, 0.15) is 5.56 Å². The highest BCUT2D eigenvalue weighted by Gasteiger charge is 2.10. The van der Waals surface area contributed by atoms with E-state index < -0.39 is 16.8 Å². The van der Waals surface area contributed by atoms with Crippen molar-refractivity contribution >= 4 is 22.6 Å². The zero-order valence-corrected chi connectivity index (χ0v) is 9.66. The Morgan fingerprint density at radius 1 is 1.62 bits per heavy atom. The van der Waals surface area contributed by atoms with Crippen molar-refractivity contribution in [2.45, 2.75) is 6.92 Å². The summed E-state index contributed by atoms with van der Waals surface area (Å²) in [5.74, 6) is 0.206. The van der Waals surface area contributed by atoms with Crippen molar-refractivity contribution in [3.05, 3.63) is 17.8 Å². The number of nitrogens with zero attached hydrogens (tertiary/aromatic N) is 2. The molecule has 0 radical (unpaired) electrons. The second kappa shape index (κ2) is 6.16. The van der Waals surface area contributed by atoms with Gasteiger partial charge in [-0.1, -0.05) is 6.92 Å². The summed E-state index contributed by atoms with van der Waals surface area (Å²) in [7, 11) is -0.876. The predicted molar refractivity (Wildman–Crippen MR) is 61.0 cm³/mol. The molecule has 2 N–H and O–H groups in total. The fraction of sp³-hybridized carbons (Fsp3) is 0.444. The number of nitrogens with one attached hydrogen (secondary N) is 1. The quantitative estimate of drug-likeness (QED) is 0.749. The van der Waals surface area contributed by atoms with Crippen LogP contribution in [0.4, 0.5) is 5.82 Å². The molecule has 1 atom stereocenters. The van der Waals surface area contributed by atoms with Crippen LogP contribution in [0.3, 0.4) is 0 Å². The monoisotopic (exact) mass is 243 g/mol. The number of hydrogen-bond acceptors (Lipinski definition) is 5. The zero-order valence-electron chi connectivity index (χ0n) is 8.84. The number of aromatic carboxylic acids is 1. The van der Waals surface area contributed by atoms with Gasteiger partial charge in [-0.2, -0.15) is 5.10 Å². The Morgan fingerprint density at radius 3 is 3.00 bits per heavy atom. The lowest BCUT2D eigenvalue weighted by Crippen LogP contribution is -2.15. The lowest BCUT2D eigenvalue weighted by Gasteiger charge is -2.06. The van der Waals surface area contributed by atoms with Crippen LogP contribution in [-0.2, 0) is 10.8 Å². The minimum atomic E-state index is -1.06. The molecule has 0 aliphatic rings. The van der Waals surface area contributed by atoms with Crippen LogP contribution < -0.4 is 5.32 Å². The van der Waals surface area contributed by atoms with Gasteiger partial charge in [0.05, 0.1) is 6.20 Å². The first kappa shape index (κ1) is 12.6. The van der Waals surface area contributed by atoms with Crippen LogP contribution in [0.5, 0.6) is 0 Å². The first-order chi connectivity index (χ1) is 7.65. The molecule has 0 aliphatic heterocycles. The van der Waals surface area contributed by atoms with Crippen molar-refractivity contribution in [1.82, 2.24) is 10.2 Å². The summed E-state index contributed by atoms with van der Waals surface area (Å²) in [4.78, 5) is 10.8. The van der Waals surface area contributed by atoms with E-state index in [4.69, 9.17) is 5.11 Å². The first-order valence-electron chi connectivity index (χ1n) is 4.79. The normalized spacial score (nSPS) is 12.1. The van der Waals surface area contributed by atoms with E-state index in [1.807, 2.05) is 6.92 Å². The molecule has 0 saturated carbocycles. The third-order valence-electron chi connectivity index (χ3n) is 1.90. The second-order valence-corrected chi connectivity index (χ2v) is 4.82. The minimum absolute atomic E-state index is 0.0669. The molecule has 0 aromatic carbocycles. The Hall–Kier alpha value is -1.50. The Bertz CT molecular complexity index is 397. The molecule has 1 aromatic heterocycles. The molecule has 6 nitrogen and oxygen atoms in total. The van der Waals surface area contributed by atoms with E-state index in [0.717, 1.165) is 0 Å². The predicted octanol–water partition coefficient (Wildman–Crippen LogP) is 0.355. The van der Waals surface area contributed by atoms with Crippen LogP contribution in [0.2, 0.25) is 0 Å². The van der Waals surface area contributed by atoms with E-state index in [1.165, 1.54) is 12.3 Å². The van der Waals surface area contributed by atoms with Gasteiger partial charge in [0.25, 0.3) is 0 Å². The average Bonchev–Trinajstić information content (AvgIpc) is 2.29. The molecular formula is C9H13N3O3S. The van der Waals surface area contributed by atoms with Crippen molar-refractivity contribution < 1.29 is 14.1 Å². The highest BCUT2D eigenvalue weighted by Crippen LogP contribution is 2.09. The molecule has 0 bridgehead atoms. The van der Waals surface area contributed by atoms with Gasteiger partial charge in [-0.15, -0.1) is 5.10 Å². The number of rotatable bonds is 6. The van der Waals surface area contributed by atoms with E-state index in [-0.39, 0.29) is 11.4 Å². The van der Waals surface area contributed by atoms with Gasteiger partial charge >= 0.3 is 5.97 Å². The molecular weight excluding hydrogens is 230 g/mol. The smallest absolute Gasteiger partial charge is 0.339 e. The van der Waals surface area contributed by atoms with E-state index >= 15 is 0 Å². The van der Waals surface area contributed by atoms with Crippen LogP contribution in [0.15, 0.2) is 12.3 Å². The lowest BCUT2D eigenvalue weighted by molar-refractivity contribution is 0.0697. The number of carboxylic acid groups (broad SMARTS) is 1. The SMILES string of the molecule is CCS(=O)CCNc1nnccc1C(=O)O.